The summed E-state index contributed by atoms with van der Waals surface area (Å²) < 4.78 is 17.2. The fourth-order valence-corrected chi connectivity index (χ4v) is 4.90. The van der Waals surface area contributed by atoms with Crippen molar-refractivity contribution in [1.29, 1.82) is 0 Å². The normalized spacial score (nSPS) is 14.1. The molecule has 1 amide bonds. The number of nitrogens with zero attached hydrogens (tertiary/aromatic N) is 1. The summed E-state index contributed by atoms with van der Waals surface area (Å²) in [4.78, 5) is 42.3. The van der Waals surface area contributed by atoms with E-state index in [9.17, 15) is 14.4 Å². The van der Waals surface area contributed by atoms with E-state index in [2.05, 4.69) is 10.3 Å². The lowest BCUT2D eigenvalue weighted by atomic mass is 9.95. The number of hydrogen-bond acceptors (Lipinski definition) is 8. The van der Waals surface area contributed by atoms with Gasteiger partial charge in [0.15, 0.2) is 16.9 Å². The molecule has 0 saturated carbocycles. The maximum atomic E-state index is 12.9. The number of hydrogen-bond donors (Lipinski definition) is 1. The molecule has 1 aromatic heterocycles. The summed E-state index contributed by atoms with van der Waals surface area (Å²) in [5.41, 5.74) is 3.21. The zero-order chi connectivity index (χ0) is 25.8. The van der Waals surface area contributed by atoms with Crippen LogP contribution in [0, 0.1) is 0 Å². The monoisotopic (exact) mass is 506 g/mol. The van der Waals surface area contributed by atoms with Crippen molar-refractivity contribution in [3.05, 3.63) is 75.7 Å². The van der Waals surface area contributed by atoms with Crippen molar-refractivity contribution in [3.8, 4) is 28.4 Å². The summed E-state index contributed by atoms with van der Waals surface area (Å²) in [6, 6.07) is 9.72. The lowest BCUT2D eigenvalue weighted by molar-refractivity contribution is -0.119. The minimum Gasteiger partial charge on any atom is -0.492 e. The lowest BCUT2D eigenvalue weighted by Crippen LogP contribution is -2.26. The molecule has 2 aromatic carbocycles. The smallest absolute Gasteiger partial charge is 0.343 e. The number of rotatable bonds is 6. The number of amides is 1. The summed E-state index contributed by atoms with van der Waals surface area (Å²) in [7, 11) is 2.98. The highest BCUT2D eigenvalue weighted by molar-refractivity contribution is 7.98. The third-order valence-electron chi connectivity index (χ3n) is 6.00. The standard InChI is InChI=1S/C27H26N2O6S/c1-15(30)29-20-7-5-17-13-22(35-27(32)16-9-11-28-12-10-16)25(33-2)26(34-3)24(17)18-6-8-23(36-4)21(31)14-19(18)20/h6,8-14,20H,5,7H2,1-4H3,(H,29,30). The molecule has 36 heavy (non-hydrogen) atoms. The van der Waals surface area contributed by atoms with Gasteiger partial charge < -0.3 is 19.5 Å². The molecule has 1 atom stereocenters. The molecule has 4 rings (SSSR count). The molecule has 186 valence electrons. The van der Waals surface area contributed by atoms with E-state index in [0.29, 0.717) is 34.6 Å². The van der Waals surface area contributed by atoms with Gasteiger partial charge in [-0.2, -0.15) is 0 Å². The Morgan fingerprint density at radius 3 is 2.42 bits per heavy atom. The predicted octanol–water partition coefficient (Wildman–Crippen LogP) is 4.19. The Balaban J connectivity index is 1.95. The van der Waals surface area contributed by atoms with Crippen molar-refractivity contribution in [2.75, 3.05) is 20.5 Å². The van der Waals surface area contributed by atoms with Crippen LogP contribution in [0.4, 0.5) is 0 Å². The molecule has 1 N–H and O–H groups in total. The number of aromatic nitrogens is 1. The number of aryl methyl sites for hydroxylation is 1. The third-order valence-corrected chi connectivity index (χ3v) is 6.77. The topological polar surface area (TPSA) is 104 Å². The first-order chi connectivity index (χ1) is 17.4. The second kappa shape index (κ2) is 10.8. The predicted molar refractivity (Wildman–Crippen MR) is 137 cm³/mol. The highest BCUT2D eigenvalue weighted by Gasteiger charge is 2.30. The molecule has 8 nitrogen and oxygen atoms in total. The van der Waals surface area contributed by atoms with Gasteiger partial charge in [-0.15, -0.1) is 11.8 Å². The molecule has 3 aromatic rings. The first kappa shape index (κ1) is 25.2. The number of pyridine rings is 1. The number of esters is 1. The van der Waals surface area contributed by atoms with E-state index < -0.39 is 12.0 Å². The van der Waals surface area contributed by atoms with Gasteiger partial charge in [0, 0.05) is 24.9 Å². The van der Waals surface area contributed by atoms with Crippen molar-refractivity contribution in [2.45, 2.75) is 30.7 Å². The Morgan fingerprint density at radius 1 is 1.06 bits per heavy atom. The highest BCUT2D eigenvalue weighted by Crippen LogP contribution is 2.50. The van der Waals surface area contributed by atoms with Crippen molar-refractivity contribution >= 4 is 23.6 Å². The van der Waals surface area contributed by atoms with Gasteiger partial charge in [0.25, 0.3) is 0 Å². The fraction of sp³-hybridized carbons (Fsp3) is 0.259. The van der Waals surface area contributed by atoms with Gasteiger partial charge in [-0.25, -0.2) is 4.79 Å². The van der Waals surface area contributed by atoms with Crippen LogP contribution < -0.4 is 25.0 Å². The molecule has 0 spiro atoms. The van der Waals surface area contributed by atoms with Gasteiger partial charge in [-0.3, -0.25) is 14.6 Å². The zero-order valence-corrected chi connectivity index (χ0v) is 21.2. The van der Waals surface area contributed by atoms with Crippen molar-refractivity contribution < 1.29 is 23.8 Å². The number of fused-ring (bicyclic) bond motifs is 3. The fourth-order valence-electron chi connectivity index (χ4n) is 4.43. The summed E-state index contributed by atoms with van der Waals surface area (Å²) in [5, 5.41) is 2.98. The minimum atomic E-state index is -0.560. The van der Waals surface area contributed by atoms with Crippen LogP contribution in [0.2, 0.25) is 0 Å². The molecular weight excluding hydrogens is 480 g/mol. The summed E-state index contributed by atoms with van der Waals surface area (Å²) in [6.07, 6.45) is 5.93. The summed E-state index contributed by atoms with van der Waals surface area (Å²) in [5.74, 6) is 0.0829. The van der Waals surface area contributed by atoms with Gasteiger partial charge in [0.05, 0.1) is 30.7 Å². The van der Waals surface area contributed by atoms with E-state index in [1.54, 1.807) is 30.3 Å². The van der Waals surface area contributed by atoms with Crippen LogP contribution in [0.3, 0.4) is 0 Å². The Morgan fingerprint density at radius 2 is 1.78 bits per heavy atom. The van der Waals surface area contributed by atoms with Crippen LogP contribution in [-0.4, -0.2) is 37.3 Å². The van der Waals surface area contributed by atoms with Crippen LogP contribution in [0.15, 0.2) is 58.5 Å². The molecule has 0 fully saturated rings. The van der Waals surface area contributed by atoms with E-state index in [1.165, 1.54) is 45.3 Å². The largest absolute Gasteiger partial charge is 0.492 e. The Kier molecular flexibility index (Phi) is 7.59. The number of carbonyl (C=O) groups excluding carboxylic acids is 2. The van der Waals surface area contributed by atoms with Crippen LogP contribution >= 0.6 is 11.8 Å². The van der Waals surface area contributed by atoms with E-state index in [-0.39, 0.29) is 22.8 Å². The van der Waals surface area contributed by atoms with Gasteiger partial charge in [-0.05, 0) is 66.1 Å². The van der Waals surface area contributed by atoms with Crippen LogP contribution in [0.5, 0.6) is 17.2 Å². The SMILES string of the molecule is COc1c(OC(=O)c2ccncc2)cc2c(c1OC)-c1ccc(SC)c(=O)cc1C(NC(C)=O)CC2. The van der Waals surface area contributed by atoms with Gasteiger partial charge in [0.2, 0.25) is 11.7 Å². The van der Waals surface area contributed by atoms with Gasteiger partial charge in [0.1, 0.15) is 0 Å². The molecule has 9 heteroatoms. The van der Waals surface area contributed by atoms with Gasteiger partial charge >= 0.3 is 5.97 Å². The number of benzene rings is 1. The van der Waals surface area contributed by atoms with Crippen molar-refractivity contribution in [3.63, 3.8) is 0 Å². The van der Waals surface area contributed by atoms with Crippen LogP contribution in [-0.2, 0) is 11.2 Å². The maximum absolute atomic E-state index is 12.9. The average molecular weight is 507 g/mol. The first-order valence-electron chi connectivity index (χ1n) is 11.3. The molecule has 1 heterocycles. The molecule has 1 aliphatic carbocycles. The summed E-state index contributed by atoms with van der Waals surface area (Å²) in [6.45, 7) is 1.45. The molecule has 0 radical (unpaired) electrons. The molecule has 0 aliphatic heterocycles. The van der Waals surface area contributed by atoms with E-state index >= 15 is 0 Å². The highest BCUT2D eigenvalue weighted by atomic mass is 32.2. The number of nitrogens with one attached hydrogen (secondary N) is 1. The van der Waals surface area contributed by atoms with Crippen molar-refractivity contribution in [2.24, 2.45) is 0 Å². The second-order valence-corrected chi connectivity index (χ2v) is 9.02. The summed E-state index contributed by atoms with van der Waals surface area (Å²) >= 11 is 1.36. The second-order valence-electron chi connectivity index (χ2n) is 8.17. The maximum Gasteiger partial charge on any atom is 0.343 e. The number of ether oxygens (including phenoxy) is 3. The molecule has 1 unspecified atom stereocenters. The third kappa shape index (κ3) is 4.92. The van der Waals surface area contributed by atoms with E-state index in [4.69, 9.17) is 14.2 Å². The van der Waals surface area contributed by atoms with Crippen LogP contribution in [0.25, 0.3) is 11.1 Å². The van der Waals surface area contributed by atoms with Crippen LogP contribution in [0.1, 0.15) is 40.9 Å². The Bertz CT molecular complexity index is 1380. The quantitative estimate of drug-likeness (QED) is 0.302. The molecule has 0 bridgehead atoms. The minimum absolute atomic E-state index is 0.128. The number of methoxy groups -OCH3 is 2. The average Bonchev–Trinajstić information content (AvgIpc) is 3.12. The first-order valence-corrected chi connectivity index (χ1v) is 12.5. The number of thioether (sulfide) groups is 1. The van der Waals surface area contributed by atoms with Gasteiger partial charge in [-0.1, -0.05) is 6.07 Å². The zero-order valence-electron chi connectivity index (χ0n) is 20.4. The molecule has 1 aliphatic rings. The van der Waals surface area contributed by atoms with Crippen molar-refractivity contribution in [1.82, 2.24) is 10.3 Å². The lowest BCUT2D eigenvalue weighted by Gasteiger charge is -2.20. The molecule has 0 saturated heterocycles. The Hall–Kier alpha value is -3.85. The molecular formula is C27H26N2O6S. The van der Waals surface area contributed by atoms with E-state index in [0.717, 1.165) is 16.7 Å². The Labute approximate surface area is 213 Å². The van der Waals surface area contributed by atoms with E-state index in [1.807, 2.05) is 12.3 Å². The number of carbonyl (C=O) groups is 2.